The summed E-state index contributed by atoms with van der Waals surface area (Å²) in [4.78, 5) is 11.3. The van der Waals surface area contributed by atoms with Gasteiger partial charge in [-0.1, -0.05) is 13.0 Å². The highest BCUT2D eigenvalue weighted by molar-refractivity contribution is 5.77. The van der Waals surface area contributed by atoms with Gasteiger partial charge in [0.25, 0.3) is 0 Å². The molecule has 3 nitrogen and oxygen atoms in total. The van der Waals surface area contributed by atoms with Gasteiger partial charge in [-0.05, 0) is 25.4 Å². The van der Waals surface area contributed by atoms with E-state index in [1.165, 1.54) is 0 Å². The van der Waals surface area contributed by atoms with Crippen molar-refractivity contribution in [3.8, 4) is 0 Å². The van der Waals surface area contributed by atoms with Crippen LogP contribution in [-0.2, 0) is 4.79 Å². The maximum atomic E-state index is 11.3. The van der Waals surface area contributed by atoms with E-state index in [9.17, 15) is 4.79 Å². The minimum absolute atomic E-state index is 0.0914. The Bertz CT molecular complexity index is 191. The standard InChI is InChI=1S/C10H18N2O/c1-3-4-10(13)12-9-5-6-11-7-8(9)2/h3,8-9,11H,1,4-7H2,2H3,(H,12,13). The maximum Gasteiger partial charge on any atom is 0.224 e. The third-order valence-electron chi connectivity index (χ3n) is 2.46. The molecule has 0 aliphatic carbocycles. The lowest BCUT2D eigenvalue weighted by atomic mass is 9.95. The molecule has 13 heavy (non-hydrogen) atoms. The van der Waals surface area contributed by atoms with Crippen LogP contribution in [-0.4, -0.2) is 25.0 Å². The summed E-state index contributed by atoms with van der Waals surface area (Å²) in [5, 5.41) is 6.32. The molecular formula is C10H18N2O. The van der Waals surface area contributed by atoms with Crippen LogP contribution in [0, 0.1) is 5.92 Å². The minimum atomic E-state index is 0.0914. The summed E-state index contributed by atoms with van der Waals surface area (Å²) < 4.78 is 0. The molecular weight excluding hydrogens is 164 g/mol. The maximum absolute atomic E-state index is 11.3. The van der Waals surface area contributed by atoms with E-state index in [1.807, 2.05) is 0 Å². The summed E-state index contributed by atoms with van der Waals surface area (Å²) in [6.45, 7) is 7.70. The highest BCUT2D eigenvalue weighted by Gasteiger charge is 2.21. The fourth-order valence-electron chi connectivity index (χ4n) is 1.63. The summed E-state index contributed by atoms with van der Waals surface area (Å²) in [6, 6.07) is 0.341. The number of piperidine rings is 1. The third-order valence-corrected chi connectivity index (χ3v) is 2.46. The molecule has 0 aromatic heterocycles. The number of hydrogen-bond donors (Lipinski definition) is 2. The Balaban J connectivity index is 2.33. The van der Waals surface area contributed by atoms with Gasteiger partial charge in [0, 0.05) is 12.5 Å². The second kappa shape index (κ2) is 5.02. The molecule has 0 bridgehead atoms. The quantitative estimate of drug-likeness (QED) is 0.630. The molecule has 1 fully saturated rings. The summed E-state index contributed by atoms with van der Waals surface area (Å²) in [6.07, 6.45) is 3.10. The molecule has 74 valence electrons. The zero-order chi connectivity index (χ0) is 9.68. The van der Waals surface area contributed by atoms with E-state index in [0.29, 0.717) is 18.4 Å². The second-order valence-corrected chi connectivity index (χ2v) is 3.64. The van der Waals surface area contributed by atoms with Crippen molar-refractivity contribution in [2.24, 2.45) is 5.92 Å². The fourth-order valence-corrected chi connectivity index (χ4v) is 1.63. The Morgan fingerprint density at radius 1 is 1.77 bits per heavy atom. The van der Waals surface area contributed by atoms with Gasteiger partial charge >= 0.3 is 0 Å². The molecule has 1 amide bonds. The molecule has 2 N–H and O–H groups in total. The predicted octanol–water partition coefficient (Wildman–Crippen LogP) is 0.677. The molecule has 0 spiro atoms. The summed E-state index contributed by atoms with van der Waals surface area (Å²) in [5.41, 5.74) is 0. The van der Waals surface area contributed by atoms with E-state index in [-0.39, 0.29) is 5.91 Å². The lowest BCUT2D eigenvalue weighted by Crippen LogP contribution is -2.48. The number of amides is 1. The van der Waals surface area contributed by atoms with Crippen molar-refractivity contribution in [3.63, 3.8) is 0 Å². The van der Waals surface area contributed by atoms with Crippen molar-refractivity contribution < 1.29 is 4.79 Å². The number of hydrogen-bond acceptors (Lipinski definition) is 2. The van der Waals surface area contributed by atoms with E-state index in [2.05, 4.69) is 24.1 Å². The largest absolute Gasteiger partial charge is 0.353 e. The average molecular weight is 182 g/mol. The van der Waals surface area contributed by atoms with Gasteiger partial charge in [0.2, 0.25) is 5.91 Å². The van der Waals surface area contributed by atoms with Crippen LogP contribution in [0.1, 0.15) is 19.8 Å². The van der Waals surface area contributed by atoms with Crippen LogP contribution in [0.5, 0.6) is 0 Å². The Morgan fingerprint density at radius 3 is 3.15 bits per heavy atom. The molecule has 1 rings (SSSR count). The lowest BCUT2D eigenvalue weighted by molar-refractivity contribution is -0.121. The minimum Gasteiger partial charge on any atom is -0.353 e. The molecule has 2 atom stereocenters. The van der Waals surface area contributed by atoms with Gasteiger partial charge in [0.05, 0.1) is 0 Å². The predicted molar refractivity (Wildman–Crippen MR) is 53.4 cm³/mol. The third kappa shape index (κ3) is 3.19. The summed E-state index contributed by atoms with van der Waals surface area (Å²) >= 11 is 0. The first-order valence-corrected chi connectivity index (χ1v) is 4.85. The Hall–Kier alpha value is -0.830. The Labute approximate surface area is 79.6 Å². The highest BCUT2D eigenvalue weighted by Crippen LogP contribution is 2.10. The smallest absolute Gasteiger partial charge is 0.224 e. The Morgan fingerprint density at radius 2 is 2.54 bits per heavy atom. The van der Waals surface area contributed by atoms with E-state index >= 15 is 0 Å². The molecule has 3 heteroatoms. The van der Waals surface area contributed by atoms with E-state index in [4.69, 9.17) is 0 Å². The summed E-state index contributed by atoms with van der Waals surface area (Å²) in [7, 11) is 0. The van der Waals surface area contributed by atoms with Gasteiger partial charge in [-0.15, -0.1) is 6.58 Å². The molecule has 1 heterocycles. The van der Waals surface area contributed by atoms with Crippen LogP contribution in [0.4, 0.5) is 0 Å². The average Bonchev–Trinajstić information content (AvgIpc) is 2.09. The van der Waals surface area contributed by atoms with Crippen molar-refractivity contribution in [2.45, 2.75) is 25.8 Å². The summed E-state index contributed by atoms with van der Waals surface area (Å²) in [5.74, 6) is 0.622. The van der Waals surface area contributed by atoms with Crippen LogP contribution in [0.2, 0.25) is 0 Å². The molecule has 1 aliphatic rings. The lowest BCUT2D eigenvalue weighted by Gasteiger charge is -2.30. The first kappa shape index (κ1) is 10.3. The van der Waals surface area contributed by atoms with Crippen LogP contribution in [0.25, 0.3) is 0 Å². The van der Waals surface area contributed by atoms with Gasteiger partial charge < -0.3 is 10.6 Å². The van der Waals surface area contributed by atoms with Gasteiger partial charge in [0.1, 0.15) is 0 Å². The van der Waals surface area contributed by atoms with Crippen molar-refractivity contribution in [1.82, 2.24) is 10.6 Å². The van der Waals surface area contributed by atoms with Gasteiger partial charge in [-0.2, -0.15) is 0 Å². The molecule has 1 aliphatic heterocycles. The van der Waals surface area contributed by atoms with Crippen LogP contribution < -0.4 is 10.6 Å². The zero-order valence-electron chi connectivity index (χ0n) is 8.18. The van der Waals surface area contributed by atoms with Crippen molar-refractivity contribution >= 4 is 5.91 Å². The molecule has 0 saturated carbocycles. The topological polar surface area (TPSA) is 41.1 Å². The number of carbonyl (C=O) groups is 1. The SMILES string of the molecule is C=CCC(=O)NC1CCNCC1C. The van der Waals surface area contributed by atoms with Gasteiger partial charge in [-0.25, -0.2) is 0 Å². The van der Waals surface area contributed by atoms with Gasteiger partial charge in [0.15, 0.2) is 0 Å². The molecule has 0 radical (unpaired) electrons. The highest BCUT2D eigenvalue weighted by atomic mass is 16.1. The number of rotatable bonds is 3. The second-order valence-electron chi connectivity index (χ2n) is 3.64. The number of carbonyl (C=O) groups excluding carboxylic acids is 1. The van der Waals surface area contributed by atoms with Crippen molar-refractivity contribution in [2.75, 3.05) is 13.1 Å². The molecule has 1 saturated heterocycles. The fraction of sp³-hybridized carbons (Fsp3) is 0.700. The van der Waals surface area contributed by atoms with Crippen LogP contribution in [0.15, 0.2) is 12.7 Å². The first-order chi connectivity index (χ1) is 6.24. The zero-order valence-corrected chi connectivity index (χ0v) is 8.18. The Kier molecular flexibility index (Phi) is 3.96. The van der Waals surface area contributed by atoms with Gasteiger partial charge in [-0.3, -0.25) is 4.79 Å². The molecule has 0 aromatic rings. The van der Waals surface area contributed by atoms with E-state index < -0.39 is 0 Å². The van der Waals surface area contributed by atoms with Crippen molar-refractivity contribution in [1.29, 1.82) is 0 Å². The molecule has 2 unspecified atom stereocenters. The number of nitrogens with one attached hydrogen (secondary N) is 2. The molecule has 0 aromatic carbocycles. The van der Waals surface area contributed by atoms with E-state index in [0.717, 1.165) is 19.5 Å². The van der Waals surface area contributed by atoms with E-state index in [1.54, 1.807) is 6.08 Å². The first-order valence-electron chi connectivity index (χ1n) is 4.85. The normalized spacial score (nSPS) is 28.1. The monoisotopic (exact) mass is 182 g/mol. The van der Waals surface area contributed by atoms with Crippen LogP contribution in [0.3, 0.4) is 0 Å². The van der Waals surface area contributed by atoms with Crippen molar-refractivity contribution in [3.05, 3.63) is 12.7 Å². The van der Waals surface area contributed by atoms with Crippen LogP contribution >= 0.6 is 0 Å².